The number of halogens is 2. The number of nitrogens with zero attached hydrogens (tertiary/aromatic N) is 2. The highest BCUT2D eigenvalue weighted by atomic mass is 19.1. The number of carbonyl (C=O) groups excluding carboxylic acids is 1. The molecule has 1 amide bonds. The third-order valence-electron chi connectivity index (χ3n) is 6.07. The fourth-order valence-electron chi connectivity index (χ4n) is 4.16. The summed E-state index contributed by atoms with van der Waals surface area (Å²) in [6.07, 6.45) is 2.18. The van der Waals surface area contributed by atoms with Crippen molar-refractivity contribution < 1.29 is 18.3 Å². The molecule has 0 aliphatic carbocycles. The first-order chi connectivity index (χ1) is 16.9. The fraction of sp³-hybridized carbons (Fsp3) is 0.231. The second kappa shape index (κ2) is 9.71. The van der Waals surface area contributed by atoms with Gasteiger partial charge in [-0.3, -0.25) is 9.89 Å². The van der Waals surface area contributed by atoms with Crippen LogP contribution in [0.5, 0.6) is 11.5 Å². The second-order valence-corrected chi connectivity index (χ2v) is 8.74. The average molecular weight is 478 g/mol. The summed E-state index contributed by atoms with van der Waals surface area (Å²) in [6.45, 7) is 2.14. The monoisotopic (exact) mass is 477 g/mol. The van der Waals surface area contributed by atoms with Gasteiger partial charge in [-0.15, -0.1) is 0 Å². The van der Waals surface area contributed by atoms with Crippen LogP contribution in [-0.2, 0) is 0 Å². The molecule has 0 saturated carbocycles. The Morgan fingerprint density at radius 1 is 1.00 bits per heavy atom. The zero-order valence-corrected chi connectivity index (χ0v) is 19.1. The van der Waals surface area contributed by atoms with E-state index in [9.17, 15) is 13.6 Å². The van der Waals surface area contributed by atoms with E-state index in [0.717, 1.165) is 49.8 Å². The molecule has 1 saturated heterocycles. The quantitative estimate of drug-likeness (QED) is 0.347. The Balaban J connectivity index is 1.27. The van der Waals surface area contributed by atoms with E-state index in [-0.39, 0.29) is 11.7 Å². The minimum atomic E-state index is -0.732. The SMILES string of the molecule is CN1CCC(Nc2ccc(C(=O)Nc3n[nH]c4ccc(Oc5cc(F)cc(F)c5)cc34)cc2)CC1. The summed E-state index contributed by atoms with van der Waals surface area (Å²) in [4.78, 5) is 15.2. The Labute approximate surface area is 201 Å². The normalized spacial score (nSPS) is 14.7. The summed E-state index contributed by atoms with van der Waals surface area (Å²) in [5.41, 5.74) is 2.16. The average Bonchev–Trinajstić information content (AvgIpc) is 3.22. The van der Waals surface area contributed by atoms with Crippen LogP contribution in [0.2, 0.25) is 0 Å². The summed E-state index contributed by atoms with van der Waals surface area (Å²) < 4.78 is 32.5. The van der Waals surface area contributed by atoms with Crippen LogP contribution in [0.3, 0.4) is 0 Å². The summed E-state index contributed by atoms with van der Waals surface area (Å²) in [5, 5.41) is 14.0. The zero-order chi connectivity index (χ0) is 24.4. The molecule has 7 nitrogen and oxygen atoms in total. The second-order valence-electron chi connectivity index (χ2n) is 8.74. The highest BCUT2D eigenvalue weighted by molar-refractivity contribution is 6.08. The summed E-state index contributed by atoms with van der Waals surface area (Å²) in [7, 11) is 2.13. The van der Waals surface area contributed by atoms with Gasteiger partial charge in [-0.25, -0.2) is 8.78 Å². The molecule has 3 N–H and O–H groups in total. The molecule has 3 aromatic carbocycles. The van der Waals surface area contributed by atoms with Crippen LogP contribution >= 0.6 is 0 Å². The lowest BCUT2D eigenvalue weighted by atomic mass is 10.0. The number of fused-ring (bicyclic) bond motifs is 1. The molecule has 0 radical (unpaired) electrons. The standard InChI is InChI=1S/C26H25F2N5O2/c1-33-10-8-20(9-11-33)29-19-4-2-16(3-5-19)26(34)30-25-23-15-21(6-7-24(23)31-32-25)35-22-13-17(27)12-18(28)14-22/h2-7,12-15,20,29H,8-11H2,1H3,(H2,30,31,32,34). The molecule has 1 aliphatic rings. The number of piperidine rings is 1. The lowest BCUT2D eigenvalue weighted by molar-refractivity contribution is 0.102. The van der Waals surface area contributed by atoms with E-state index >= 15 is 0 Å². The summed E-state index contributed by atoms with van der Waals surface area (Å²) in [6, 6.07) is 15.7. The lowest BCUT2D eigenvalue weighted by Crippen LogP contribution is -2.36. The molecular weight excluding hydrogens is 452 g/mol. The predicted molar refractivity (Wildman–Crippen MR) is 131 cm³/mol. The number of carbonyl (C=O) groups is 1. The van der Waals surface area contributed by atoms with E-state index in [2.05, 4.69) is 32.8 Å². The van der Waals surface area contributed by atoms with E-state index in [1.165, 1.54) is 0 Å². The topological polar surface area (TPSA) is 82.3 Å². The van der Waals surface area contributed by atoms with Crippen molar-refractivity contribution in [3.05, 3.63) is 77.9 Å². The summed E-state index contributed by atoms with van der Waals surface area (Å²) >= 11 is 0. The number of anilines is 2. The van der Waals surface area contributed by atoms with Gasteiger partial charge in [-0.05, 0) is 75.4 Å². The third-order valence-corrected chi connectivity index (χ3v) is 6.07. The molecule has 0 atom stereocenters. The predicted octanol–water partition coefficient (Wildman–Crippen LogP) is 5.39. The van der Waals surface area contributed by atoms with E-state index in [4.69, 9.17) is 4.74 Å². The van der Waals surface area contributed by atoms with Gasteiger partial charge < -0.3 is 20.3 Å². The highest BCUT2D eigenvalue weighted by Crippen LogP contribution is 2.29. The molecule has 0 bridgehead atoms. The summed E-state index contributed by atoms with van der Waals surface area (Å²) in [5.74, 6) is -1.06. The molecule has 9 heteroatoms. The fourth-order valence-corrected chi connectivity index (χ4v) is 4.16. The maximum Gasteiger partial charge on any atom is 0.256 e. The van der Waals surface area contributed by atoms with Crippen LogP contribution in [0.1, 0.15) is 23.2 Å². The van der Waals surface area contributed by atoms with Gasteiger partial charge >= 0.3 is 0 Å². The largest absolute Gasteiger partial charge is 0.457 e. The zero-order valence-electron chi connectivity index (χ0n) is 19.1. The Bertz CT molecular complexity index is 1330. The number of aromatic nitrogens is 2. The van der Waals surface area contributed by atoms with Gasteiger partial charge in [-0.1, -0.05) is 0 Å². The van der Waals surface area contributed by atoms with Crippen LogP contribution in [0.25, 0.3) is 10.9 Å². The van der Waals surface area contributed by atoms with Gasteiger partial charge in [0.1, 0.15) is 23.1 Å². The number of amides is 1. The van der Waals surface area contributed by atoms with Crippen molar-refractivity contribution in [1.29, 1.82) is 0 Å². The van der Waals surface area contributed by atoms with Crippen molar-refractivity contribution in [2.45, 2.75) is 18.9 Å². The molecule has 0 unspecified atom stereocenters. The lowest BCUT2D eigenvalue weighted by Gasteiger charge is -2.30. The first-order valence-corrected chi connectivity index (χ1v) is 11.4. The van der Waals surface area contributed by atoms with E-state index in [1.54, 1.807) is 30.3 Å². The first-order valence-electron chi connectivity index (χ1n) is 11.4. The van der Waals surface area contributed by atoms with Crippen LogP contribution < -0.4 is 15.4 Å². The number of benzene rings is 3. The molecule has 35 heavy (non-hydrogen) atoms. The van der Waals surface area contributed by atoms with Crippen LogP contribution in [-0.4, -0.2) is 47.2 Å². The Morgan fingerprint density at radius 3 is 2.43 bits per heavy atom. The minimum absolute atomic E-state index is 0.0323. The molecule has 2 heterocycles. The molecule has 180 valence electrons. The molecule has 1 aliphatic heterocycles. The molecule has 1 fully saturated rings. The van der Waals surface area contributed by atoms with Gasteiger partial charge in [-0.2, -0.15) is 5.10 Å². The van der Waals surface area contributed by atoms with Gasteiger partial charge in [0.15, 0.2) is 5.82 Å². The van der Waals surface area contributed by atoms with E-state index in [1.807, 2.05) is 12.1 Å². The Hall–Kier alpha value is -3.98. The smallest absolute Gasteiger partial charge is 0.256 e. The van der Waals surface area contributed by atoms with Crippen molar-refractivity contribution in [2.24, 2.45) is 0 Å². The van der Waals surface area contributed by atoms with Crippen molar-refractivity contribution in [1.82, 2.24) is 15.1 Å². The van der Waals surface area contributed by atoms with Crippen LogP contribution in [0.15, 0.2) is 60.7 Å². The van der Waals surface area contributed by atoms with Crippen molar-refractivity contribution in [2.75, 3.05) is 30.8 Å². The number of hydrogen-bond donors (Lipinski definition) is 3. The number of nitrogens with one attached hydrogen (secondary N) is 3. The third kappa shape index (κ3) is 5.41. The molecule has 5 rings (SSSR count). The Kier molecular flexibility index (Phi) is 6.33. The van der Waals surface area contributed by atoms with Gasteiger partial charge in [0.2, 0.25) is 0 Å². The first kappa shape index (κ1) is 22.8. The maximum absolute atomic E-state index is 13.5. The number of likely N-dealkylation sites (tertiary alicyclic amines) is 1. The van der Waals surface area contributed by atoms with Crippen molar-refractivity contribution >= 4 is 28.3 Å². The molecule has 4 aromatic rings. The molecular formula is C26H25F2N5O2. The van der Waals surface area contributed by atoms with Gasteiger partial charge in [0.05, 0.1) is 5.52 Å². The maximum atomic E-state index is 13.5. The van der Waals surface area contributed by atoms with Crippen LogP contribution in [0, 0.1) is 11.6 Å². The number of aromatic amines is 1. The number of H-pyrrole nitrogens is 1. The number of ether oxygens (including phenoxy) is 1. The van der Waals surface area contributed by atoms with Gasteiger partial charge in [0.25, 0.3) is 5.91 Å². The minimum Gasteiger partial charge on any atom is -0.457 e. The highest BCUT2D eigenvalue weighted by Gasteiger charge is 2.17. The molecule has 0 spiro atoms. The Morgan fingerprint density at radius 2 is 1.71 bits per heavy atom. The van der Waals surface area contributed by atoms with E-state index in [0.29, 0.717) is 34.1 Å². The van der Waals surface area contributed by atoms with Crippen molar-refractivity contribution in [3.8, 4) is 11.5 Å². The molecule has 1 aromatic heterocycles. The van der Waals surface area contributed by atoms with Crippen LogP contribution in [0.4, 0.5) is 20.3 Å². The van der Waals surface area contributed by atoms with Gasteiger partial charge in [0, 0.05) is 40.9 Å². The number of rotatable bonds is 6. The number of hydrogen-bond acceptors (Lipinski definition) is 5. The van der Waals surface area contributed by atoms with Crippen molar-refractivity contribution in [3.63, 3.8) is 0 Å². The van der Waals surface area contributed by atoms with E-state index < -0.39 is 11.6 Å².